The quantitative estimate of drug-likeness (QED) is 0.694. The number of piperidine rings is 1. The van der Waals surface area contributed by atoms with Crippen molar-refractivity contribution < 1.29 is 22.7 Å². The molecule has 0 N–H and O–H groups in total. The van der Waals surface area contributed by atoms with E-state index in [0.717, 1.165) is 5.56 Å². The van der Waals surface area contributed by atoms with Crippen LogP contribution in [0.3, 0.4) is 0 Å². The van der Waals surface area contributed by atoms with Crippen molar-refractivity contribution >= 4 is 27.9 Å². The molecule has 0 radical (unpaired) electrons. The number of nitrogens with zero attached hydrogens (tertiary/aromatic N) is 1. The lowest BCUT2D eigenvalue weighted by Crippen LogP contribution is -2.40. The molecule has 1 fully saturated rings. The van der Waals surface area contributed by atoms with Crippen LogP contribution < -0.4 is 0 Å². The minimum absolute atomic E-state index is 0.137. The van der Waals surface area contributed by atoms with E-state index in [9.17, 15) is 18.0 Å². The highest BCUT2D eigenvalue weighted by Gasteiger charge is 2.31. The van der Waals surface area contributed by atoms with Crippen LogP contribution in [0, 0.1) is 11.3 Å². The summed E-state index contributed by atoms with van der Waals surface area (Å²) >= 11 is 0. The predicted molar refractivity (Wildman–Crippen MR) is 104 cm³/mol. The van der Waals surface area contributed by atoms with Crippen LogP contribution >= 0.6 is 0 Å². The minimum Gasteiger partial charge on any atom is -0.457 e. The fourth-order valence-electron chi connectivity index (χ4n) is 2.63. The normalized spacial score (nSPS) is 17.1. The van der Waals surface area contributed by atoms with Gasteiger partial charge in [0.1, 0.15) is 0 Å². The molecule has 1 saturated heterocycles. The van der Waals surface area contributed by atoms with Crippen LogP contribution in [-0.2, 0) is 24.3 Å². The number of sulfonamides is 1. The van der Waals surface area contributed by atoms with Gasteiger partial charge in [0.05, 0.1) is 5.92 Å². The van der Waals surface area contributed by atoms with Gasteiger partial charge in [-0.25, -0.2) is 8.42 Å². The van der Waals surface area contributed by atoms with Gasteiger partial charge in [-0.1, -0.05) is 51.1 Å². The van der Waals surface area contributed by atoms with Gasteiger partial charge in [0.25, 0.3) is 0 Å². The number of hydrogen-bond acceptors (Lipinski definition) is 5. The number of hydrogen-bond donors (Lipinski definition) is 0. The fourth-order valence-corrected chi connectivity index (χ4v) is 3.85. The van der Waals surface area contributed by atoms with Crippen LogP contribution in [0.4, 0.5) is 0 Å². The Kier molecular flexibility index (Phi) is 6.95. The molecule has 0 spiro atoms. The molecular weight excluding hydrogens is 366 g/mol. The molecule has 6 nitrogen and oxygen atoms in total. The maximum Gasteiger partial charge on any atom is 0.309 e. The molecule has 0 bridgehead atoms. The van der Waals surface area contributed by atoms with Crippen molar-refractivity contribution in [3.8, 4) is 0 Å². The average molecular weight is 394 g/mol. The smallest absolute Gasteiger partial charge is 0.309 e. The van der Waals surface area contributed by atoms with Crippen LogP contribution in [0.2, 0.25) is 0 Å². The molecule has 148 valence electrons. The number of rotatable bonds is 6. The van der Waals surface area contributed by atoms with Crippen LogP contribution in [0.25, 0.3) is 6.08 Å². The third-order valence-corrected chi connectivity index (χ3v) is 6.13. The molecule has 7 heteroatoms. The summed E-state index contributed by atoms with van der Waals surface area (Å²) in [6.07, 6.45) is 2.34. The van der Waals surface area contributed by atoms with Crippen molar-refractivity contribution in [2.45, 2.75) is 33.6 Å². The van der Waals surface area contributed by atoms with Gasteiger partial charge in [0.15, 0.2) is 12.4 Å². The maximum absolute atomic E-state index is 12.4. The van der Waals surface area contributed by atoms with Gasteiger partial charge < -0.3 is 4.74 Å². The van der Waals surface area contributed by atoms with Crippen LogP contribution in [0.15, 0.2) is 35.7 Å². The third-order valence-electron chi connectivity index (χ3n) is 4.56. The Labute approximate surface area is 161 Å². The van der Waals surface area contributed by atoms with E-state index in [4.69, 9.17) is 4.74 Å². The van der Waals surface area contributed by atoms with E-state index in [0.29, 0.717) is 12.8 Å². The number of carbonyl (C=O) groups is 2. The van der Waals surface area contributed by atoms with E-state index in [2.05, 4.69) is 0 Å². The Bertz CT molecular complexity index is 785. The molecule has 1 aromatic carbocycles. The van der Waals surface area contributed by atoms with Gasteiger partial charge in [-0.3, -0.25) is 9.59 Å². The monoisotopic (exact) mass is 393 g/mol. The Morgan fingerprint density at radius 3 is 2.30 bits per heavy atom. The summed E-state index contributed by atoms with van der Waals surface area (Å²) in [5.41, 5.74) is 0.256. The van der Waals surface area contributed by atoms with E-state index in [1.165, 1.54) is 9.71 Å². The first-order valence-electron chi connectivity index (χ1n) is 9.03. The van der Waals surface area contributed by atoms with E-state index < -0.39 is 21.4 Å². The summed E-state index contributed by atoms with van der Waals surface area (Å²) in [7, 11) is -3.53. The molecule has 1 aliphatic rings. The molecule has 0 atom stereocenters. The Hall–Kier alpha value is -1.99. The van der Waals surface area contributed by atoms with Gasteiger partial charge in [-0.2, -0.15) is 4.31 Å². The molecule has 1 heterocycles. The van der Waals surface area contributed by atoms with E-state index >= 15 is 0 Å². The second-order valence-corrected chi connectivity index (χ2v) is 9.53. The van der Waals surface area contributed by atoms with Gasteiger partial charge in [0, 0.05) is 23.9 Å². The van der Waals surface area contributed by atoms with E-state index in [1.54, 1.807) is 26.8 Å². The summed E-state index contributed by atoms with van der Waals surface area (Å²) in [6, 6.07) is 9.20. The molecular formula is C20H27NO5S. The highest BCUT2D eigenvalue weighted by molar-refractivity contribution is 7.92. The third kappa shape index (κ3) is 6.29. The summed E-state index contributed by atoms with van der Waals surface area (Å²) in [4.78, 5) is 24.0. The summed E-state index contributed by atoms with van der Waals surface area (Å²) in [5, 5.41) is 1.20. The first-order valence-corrected chi connectivity index (χ1v) is 10.5. The summed E-state index contributed by atoms with van der Waals surface area (Å²) in [6.45, 7) is 5.60. The molecule has 0 unspecified atom stereocenters. The Morgan fingerprint density at radius 1 is 1.15 bits per heavy atom. The molecule has 1 aromatic rings. The van der Waals surface area contributed by atoms with Gasteiger partial charge >= 0.3 is 5.97 Å². The molecule has 0 saturated carbocycles. The van der Waals surface area contributed by atoms with Gasteiger partial charge in [-0.15, -0.1) is 0 Å². The first-order chi connectivity index (χ1) is 12.6. The molecule has 0 aliphatic carbocycles. The molecule has 2 rings (SSSR count). The van der Waals surface area contributed by atoms with E-state index in [1.807, 2.05) is 30.3 Å². The fraction of sp³-hybridized carbons (Fsp3) is 0.500. The van der Waals surface area contributed by atoms with Gasteiger partial charge in [-0.05, 0) is 24.5 Å². The Morgan fingerprint density at radius 2 is 1.74 bits per heavy atom. The molecule has 1 aliphatic heterocycles. The maximum atomic E-state index is 12.4. The summed E-state index contributed by atoms with van der Waals surface area (Å²) in [5.74, 6) is -0.936. The Balaban J connectivity index is 1.86. The molecule has 0 amide bonds. The number of Topliss-reactive ketones (excluding diaryl/α,β-unsaturated/α-hetero) is 1. The van der Waals surface area contributed by atoms with Crippen molar-refractivity contribution in [1.82, 2.24) is 4.31 Å². The zero-order valence-corrected chi connectivity index (χ0v) is 16.9. The second-order valence-electron chi connectivity index (χ2n) is 7.71. The largest absolute Gasteiger partial charge is 0.457 e. The van der Waals surface area contributed by atoms with E-state index in [-0.39, 0.29) is 31.4 Å². The molecule has 27 heavy (non-hydrogen) atoms. The average Bonchev–Trinajstić information content (AvgIpc) is 2.64. The standard InChI is InChI=1S/C20H27NO5S/c1-20(2,3)18(22)15-26-19(23)17-9-12-21(13-10-17)27(24,25)14-11-16-7-5-4-6-8-16/h4-8,11,14,17H,9-10,12-13,15H2,1-3H3/b14-11+. The second kappa shape index (κ2) is 8.80. The number of esters is 1. The van der Waals surface area contributed by atoms with Gasteiger partial charge in [0.2, 0.25) is 10.0 Å². The minimum atomic E-state index is -3.53. The van der Waals surface area contributed by atoms with Crippen LogP contribution in [0.5, 0.6) is 0 Å². The lowest BCUT2D eigenvalue weighted by molar-refractivity contribution is -0.154. The zero-order valence-electron chi connectivity index (χ0n) is 16.1. The van der Waals surface area contributed by atoms with Crippen LogP contribution in [0.1, 0.15) is 39.2 Å². The SMILES string of the molecule is CC(C)(C)C(=O)COC(=O)C1CCN(S(=O)(=O)/C=C/c2ccccc2)CC1. The number of ether oxygens (including phenoxy) is 1. The molecule has 0 aromatic heterocycles. The van der Waals surface area contributed by atoms with Crippen molar-refractivity contribution in [3.05, 3.63) is 41.3 Å². The topological polar surface area (TPSA) is 80.8 Å². The van der Waals surface area contributed by atoms with Crippen molar-refractivity contribution in [1.29, 1.82) is 0 Å². The van der Waals surface area contributed by atoms with Crippen molar-refractivity contribution in [2.75, 3.05) is 19.7 Å². The zero-order chi connectivity index (χ0) is 20.1. The lowest BCUT2D eigenvalue weighted by Gasteiger charge is -2.29. The lowest BCUT2D eigenvalue weighted by atomic mass is 9.91. The highest BCUT2D eigenvalue weighted by Crippen LogP contribution is 2.22. The van der Waals surface area contributed by atoms with Crippen molar-refractivity contribution in [3.63, 3.8) is 0 Å². The van der Waals surface area contributed by atoms with Crippen LogP contribution in [-0.4, -0.2) is 44.2 Å². The number of carbonyl (C=O) groups excluding carboxylic acids is 2. The highest BCUT2D eigenvalue weighted by atomic mass is 32.2. The summed E-state index contributed by atoms with van der Waals surface area (Å²) < 4.78 is 31.4. The number of benzene rings is 1. The number of ketones is 1. The first kappa shape index (κ1) is 21.3. The van der Waals surface area contributed by atoms with Crippen molar-refractivity contribution in [2.24, 2.45) is 11.3 Å². The predicted octanol–water partition coefficient (Wildman–Crippen LogP) is 2.86.